The summed E-state index contributed by atoms with van der Waals surface area (Å²) in [5, 5.41) is 40.5. The molecular formula is C80H154N2O12. The molecule has 0 aliphatic heterocycles. The molecule has 0 atom stereocenters. The van der Waals surface area contributed by atoms with Crippen LogP contribution in [0.5, 0.6) is 0 Å². The highest BCUT2D eigenvalue weighted by Gasteiger charge is 2.27. The summed E-state index contributed by atoms with van der Waals surface area (Å²) in [6.45, 7) is 8.18. The van der Waals surface area contributed by atoms with Crippen molar-refractivity contribution in [1.29, 1.82) is 0 Å². The fraction of sp³-hybridized carbons (Fsp3) is 0.900. The van der Waals surface area contributed by atoms with Crippen LogP contribution in [-0.4, -0.2) is 146 Å². The monoisotopic (exact) mass is 1340 g/mol. The first-order valence-corrected chi connectivity index (χ1v) is 39.5. The standard InChI is InChI=1S/C58H109NO7.C22H45NO5/c1-5-7-9-11-13-15-17-19-21-23-25-27-29-31-37-45-55(60)64-52-42-35-33-39-48-58(63,50-41-44-54-66-57(62)47-51-59(3)4)49-40-34-36-43-53-65-56(61)46-38-32-30-28-26-24-22-20-18-16-14-12-10-8-6-2;1-23(2)17-13-21(26)28-20-12-9-16-22(27,14-7-3-5-10-18-24)15-8-4-6-11-19-25/h19-22,63H,5-18,23-54H2,1-4H3;24-25,27H,3-20H2,1-2H3/b21-19-,22-20-;. The van der Waals surface area contributed by atoms with E-state index < -0.39 is 11.2 Å². The van der Waals surface area contributed by atoms with Crippen LogP contribution in [0.3, 0.4) is 0 Å². The average molecular weight is 1340 g/mol. The lowest BCUT2D eigenvalue weighted by molar-refractivity contribution is -0.145. The molecule has 0 heterocycles. The molecule has 0 aliphatic carbocycles. The minimum Gasteiger partial charge on any atom is -0.466 e. The quantitative estimate of drug-likeness (QED) is 0.0195. The Balaban J connectivity index is 0. The molecule has 556 valence electrons. The number of unbranched alkanes of at least 4 members (excludes halogenated alkanes) is 36. The molecule has 0 aromatic heterocycles. The molecule has 0 rings (SSSR count). The second-order valence-electron chi connectivity index (χ2n) is 28.1. The number of rotatable bonds is 72. The first-order chi connectivity index (χ1) is 45.7. The third kappa shape index (κ3) is 73.4. The minimum absolute atomic E-state index is 0.0720. The summed E-state index contributed by atoms with van der Waals surface area (Å²) in [7, 11) is 7.75. The van der Waals surface area contributed by atoms with Crippen molar-refractivity contribution in [3.05, 3.63) is 24.3 Å². The van der Waals surface area contributed by atoms with Gasteiger partial charge in [0.1, 0.15) is 0 Å². The van der Waals surface area contributed by atoms with Gasteiger partial charge < -0.3 is 49.2 Å². The van der Waals surface area contributed by atoms with E-state index in [1.807, 2.05) is 38.0 Å². The van der Waals surface area contributed by atoms with Crippen LogP contribution in [0, 0.1) is 0 Å². The van der Waals surface area contributed by atoms with Crippen molar-refractivity contribution in [3.63, 3.8) is 0 Å². The van der Waals surface area contributed by atoms with Crippen molar-refractivity contribution >= 4 is 23.9 Å². The summed E-state index contributed by atoms with van der Waals surface area (Å²) >= 11 is 0. The molecular weight excluding hydrogens is 1180 g/mol. The summed E-state index contributed by atoms with van der Waals surface area (Å²) in [6.07, 6.45) is 66.7. The lowest BCUT2D eigenvalue weighted by Crippen LogP contribution is -2.29. The van der Waals surface area contributed by atoms with Gasteiger partial charge in [0, 0.05) is 39.1 Å². The molecule has 0 amide bonds. The Kier molecular flexibility index (Phi) is 72.2. The van der Waals surface area contributed by atoms with Gasteiger partial charge in [-0.2, -0.15) is 0 Å². The zero-order valence-electron chi connectivity index (χ0n) is 62.5. The van der Waals surface area contributed by atoms with Gasteiger partial charge in [0.2, 0.25) is 0 Å². The third-order valence-corrected chi connectivity index (χ3v) is 18.1. The Morgan fingerprint density at radius 1 is 0.287 bits per heavy atom. The molecule has 0 aromatic rings. The van der Waals surface area contributed by atoms with E-state index in [1.54, 1.807) is 0 Å². The van der Waals surface area contributed by atoms with Crippen LogP contribution in [0.4, 0.5) is 0 Å². The van der Waals surface area contributed by atoms with Gasteiger partial charge in [-0.25, -0.2) is 0 Å². The van der Waals surface area contributed by atoms with Crippen molar-refractivity contribution in [2.45, 2.75) is 385 Å². The smallest absolute Gasteiger partial charge is 0.307 e. The molecule has 0 spiro atoms. The zero-order valence-corrected chi connectivity index (χ0v) is 62.5. The van der Waals surface area contributed by atoms with Gasteiger partial charge in [-0.1, -0.05) is 218 Å². The van der Waals surface area contributed by atoms with E-state index >= 15 is 0 Å². The van der Waals surface area contributed by atoms with Gasteiger partial charge in [0.25, 0.3) is 0 Å². The Labute approximate surface area is 579 Å². The number of nitrogens with zero attached hydrogens (tertiary/aromatic N) is 2. The second-order valence-corrected chi connectivity index (χ2v) is 28.1. The molecule has 0 aliphatic rings. The summed E-state index contributed by atoms with van der Waals surface area (Å²) in [5.74, 6) is -0.465. The zero-order chi connectivity index (χ0) is 69.4. The molecule has 14 heteroatoms. The van der Waals surface area contributed by atoms with Crippen LogP contribution < -0.4 is 0 Å². The maximum absolute atomic E-state index is 12.3. The van der Waals surface area contributed by atoms with Gasteiger partial charge in [-0.3, -0.25) is 19.2 Å². The Morgan fingerprint density at radius 2 is 0.500 bits per heavy atom. The van der Waals surface area contributed by atoms with Crippen LogP contribution in [-0.2, 0) is 38.1 Å². The normalized spacial score (nSPS) is 12.0. The second kappa shape index (κ2) is 72.9. The van der Waals surface area contributed by atoms with Gasteiger partial charge in [0.05, 0.1) is 50.5 Å². The van der Waals surface area contributed by atoms with E-state index in [1.165, 1.54) is 141 Å². The van der Waals surface area contributed by atoms with Crippen molar-refractivity contribution in [1.82, 2.24) is 9.80 Å². The number of aliphatic hydroxyl groups is 4. The van der Waals surface area contributed by atoms with Crippen LogP contribution in [0.25, 0.3) is 0 Å². The topological polar surface area (TPSA) is 193 Å². The van der Waals surface area contributed by atoms with E-state index in [0.717, 1.165) is 186 Å². The number of ether oxygens (including phenoxy) is 4. The van der Waals surface area contributed by atoms with Gasteiger partial charge in [-0.05, 0) is 182 Å². The Bertz CT molecular complexity index is 1610. The maximum atomic E-state index is 12.3. The van der Waals surface area contributed by atoms with Crippen LogP contribution in [0.2, 0.25) is 0 Å². The SMILES string of the molecule is CCCCCCCC/C=C\CCCCCCCC(=O)OCCCCCCC(O)(CCCCCCOC(=O)CCCCCCC/C=C\CCCCCCCC)CCCCOC(=O)CCN(C)C.CN(C)CCC(=O)OCCCCC(O)(CCCCCCO)CCCCCCO. The lowest BCUT2D eigenvalue weighted by atomic mass is 9.85. The van der Waals surface area contributed by atoms with Crippen LogP contribution in [0.1, 0.15) is 373 Å². The highest BCUT2D eigenvalue weighted by atomic mass is 16.5. The molecule has 0 radical (unpaired) electrons. The number of carbonyl (C=O) groups excluding carboxylic acids is 4. The molecule has 0 fully saturated rings. The van der Waals surface area contributed by atoms with Crippen molar-refractivity contribution in [2.24, 2.45) is 0 Å². The predicted octanol–water partition coefficient (Wildman–Crippen LogP) is 19.7. The molecule has 4 N–H and O–H groups in total. The number of allylic oxidation sites excluding steroid dienone is 4. The van der Waals surface area contributed by atoms with E-state index in [4.69, 9.17) is 29.2 Å². The molecule has 0 unspecified atom stereocenters. The summed E-state index contributed by atoms with van der Waals surface area (Å²) < 4.78 is 21.7. The molecule has 14 nitrogen and oxygen atoms in total. The number of esters is 4. The predicted molar refractivity (Wildman–Crippen MR) is 393 cm³/mol. The van der Waals surface area contributed by atoms with Crippen LogP contribution in [0.15, 0.2) is 24.3 Å². The van der Waals surface area contributed by atoms with E-state index in [9.17, 15) is 29.4 Å². The average Bonchev–Trinajstić information content (AvgIpc) is 1.54. The number of hydrogen-bond acceptors (Lipinski definition) is 14. The lowest BCUT2D eigenvalue weighted by Gasteiger charge is -2.28. The Hall–Kier alpha value is -2.88. The van der Waals surface area contributed by atoms with Crippen molar-refractivity contribution in [3.8, 4) is 0 Å². The van der Waals surface area contributed by atoms with E-state index in [0.29, 0.717) is 71.6 Å². The maximum Gasteiger partial charge on any atom is 0.307 e. The van der Waals surface area contributed by atoms with Gasteiger partial charge in [-0.15, -0.1) is 0 Å². The molecule has 0 saturated heterocycles. The van der Waals surface area contributed by atoms with E-state index in [2.05, 4.69) is 38.2 Å². The third-order valence-electron chi connectivity index (χ3n) is 18.1. The fourth-order valence-corrected chi connectivity index (χ4v) is 11.9. The molecule has 0 bridgehead atoms. The van der Waals surface area contributed by atoms with Crippen molar-refractivity contribution < 1.29 is 58.6 Å². The van der Waals surface area contributed by atoms with Crippen molar-refractivity contribution in [2.75, 3.05) is 80.9 Å². The highest BCUT2D eigenvalue weighted by Crippen LogP contribution is 2.30. The number of carbonyl (C=O) groups is 4. The van der Waals surface area contributed by atoms with E-state index in [-0.39, 0.29) is 37.1 Å². The molecule has 0 saturated carbocycles. The van der Waals surface area contributed by atoms with Crippen LogP contribution >= 0.6 is 0 Å². The summed E-state index contributed by atoms with van der Waals surface area (Å²) in [4.78, 5) is 52.1. The first-order valence-electron chi connectivity index (χ1n) is 39.5. The largest absolute Gasteiger partial charge is 0.466 e. The summed E-state index contributed by atoms with van der Waals surface area (Å²) in [6, 6.07) is 0. The minimum atomic E-state index is -0.734. The summed E-state index contributed by atoms with van der Waals surface area (Å²) in [5.41, 5.74) is -1.38. The Morgan fingerprint density at radius 3 is 0.777 bits per heavy atom. The first kappa shape index (κ1) is 93.2. The molecule has 0 aromatic carbocycles. The fourth-order valence-electron chi connectivity index (χ4n) is 11.9. The van der Waals surface area contributed by atoms with Gasteiger partial charge in [0.15, 0.2) is 0 Å². The highest BCUT2D eigenvalue weighted by molar-refractivity contribution is 5.70. The molecule has 94 heavy (non-hydrogen) atoms. The number of hydrogen-bond donors (Lipinski definition) is 4. The van der Waals surface area contributed by atoms with Gasteiger partial charge >= 0.3 is 23.9 Å². The number of aliphatic hydroxyl groups excluding tert-OH is 2.